The number of nitrogens with one attached hydrogen (secondary N) is 1. The van der Waals surface area contributed by atoms with Gasteiger partial charge in [-0.05, 0) is 24.6 Å². The summed E-state index contributed by atoms with van der Waals surface area (Å²) in [5.74, 6) is -0.296. The number of benzene rings is 1. The van der Waals surface area contributed by atoms with Crippen LogP contribution in [0.2, 0.25) is 4.34 Å². The Morgan fingerprint density at radius 3 is 2.55 bits per heavy atom. The van der Waals surface area contributed by atoms with Crippen LogP contribution in [0.1, 0.15) is 17.4 Å². The maximum absolute atomic E-state index is 11.8. The molecule has 2 rings (SSSR count). The van der Waals surface area contributed by atoms with Gasteiger partial charge in [-0.25, -0.2) is 5.43 Å². The predicted octanol–water partition coefficient (Wildman–Crippen LogP) is 3.39. The molecule has 0 aliphatic heterocycles. The van der Waals surface area contributed by atoms with Crippen LogP contribution < -0.4 is 5.43 Å². The van der Waals surface area contributed by atoms with Crippen LogP contribution in [-0.2, 0) is 11.2 Å². The minimum atomic E-state index is -0.482. The number of carbonyl (C=O) groups is 1. The minimum absolute atomic E-state index is 0.00685. The van der Waals surface area contributed by atoms with Crippen molar-refractivity contribution >= 4 is 40.2 Å². The van der Waals surface area contributed by atoms with E-state index in [1.165, 1.54) is 23.5 Å². The molecule has 0 saturated carbocycles. The number of thiophene rings is 1. The van der Waals surface area contributed by atoms with Crippen molar-refractivity contribution in [2.24, 2.45) is 5.10 Å². The van der Waals surface area contributed by atoms with E-state index in [1.54, 1.807) is 25.1 Å². The first-order valence-electron chi connectivity index (χ1n) is 6.28. The van der Waals surface area contributed by atoms with Gasteiger partial charge in [0.25, 0.3) is 5.69 Å². The summed E-state index contributed by atoms with van der Waals surface area (Å²) >= 11 is 7.21. The Morgan fingerprint density at radius 2 is 2.00 bits per heavy atom. The van der Waals surface area contributed by atoms with E-state index in [-0.39, 0.29) is 18.0 Å². The number of nitrogens with zero attached hydrogens (tertiary/aromatic N) is 2. The molecule has 0 saturated heterocycles. The van der Waals surface area contributed by atoms with Crippen molar-refractivity contribution in [3.05, 3.63) is 61.3 Å². The van der Waals surface area contributed by atoms with Crippen LogP contribution in [0, 0.1) is 10.1 Å². The van der Waals surface area contributed by atoms with Gasteiger partial charge in [0.1, 0.15) is 0 Å². The highest BCUT2D eigenvalue weighted by atomic mass is 35.5. The lowest BCUT2D eigenvalue weighted by Gasteiger charge is -2.02. The van der Waals surface area contributed by atoms with E-state index >= 15 is 0 Å². The van der Waals surface area contributed by atoms with Crippen molar-refractivity contribution in [2.45, 2.75) is 13.3 Å². The summed E-state index contributed by atoms with van der Waals surface area (Å²) in [6, 6.07) is 9.42. The molecule has 8 heteroatoms. The fraction of sp³-hybridized carbons (Fsp3) is 0.143. The first-order valence-corrected chi connectivity index (χ1v) is 7.47. The lowest BCUT2D eigenvalue weighted by molar-refractivity contribution is -0.384. The predicted molar refractivity (Wildman–Crippen MR) is 86.5 cm³/mol. The van der Waals surface area contributed by atoms with Crippen molar-refractivity contribution in [2.75, 3.05) is 0 Å². The summed E-state index contributed by atoms with van der Waals surface area (Å²) in [4.78, 5) is 22.7. The highest BCUT2D eigenvalue weighted by Crippen LogP contribution is 2.21. The summed E-state index contributed by atoms with van der Waals surface area (Å²) in [5, 5.41) is 14.6. The van der Waals surface area contributed by atoms with Gasteiger partial charge >= 0.3 is 0 Å². The van der Waals surface area contributed by atoms with E-state index in [9.17, 15) is 14.9 Å². The number of amides is 1. The summed E-state index contributed by atoms with van der Waals surface area (Å²) in [6.45, 7) is 1.77. The standard InChI is InChI=1S/C14H12ClN3O3S/c1-9(12-6-7-13(15)22-12)16-17-14(19)8-10-2-4-11(5-3-10)18(20)21/h2-7H,8H2,1H3,(H,17,19)/b16-9+. The van der Waals surface area contributed by atoms with Gasteiger partial charge in [-0.15, -0.1) is 11.3 Å². The SMILES string of the molecule is C/C(=N\NC(=O)Cc1ccc([N+](=O)[O-])cc1)c1ccc(Cl)s1. The van der Waals surface area contributed by atoms with E-state index in [1.807, 2.05) is 6.07 Å². The second-order valence-electron chi connectivity index (χ2n) is 4.44. The molecule has 2 aromatic rings. The Kier molecular flexibility index (Phi) is 5.24. The van der Waals surface area contributed by atoms with Gasteiger partial charge < -0.3 is 0 Å². The molecule has 1 N–H and O–H groups in total. The van der Waals surface area contributed by atoms with Gasteiger partial charge in [-0.1, -0.05) is 23.7 Å². The Hall–Kier alpha value is -2.25. The summed E-state index contributed by atoms with van der Waals surface area (Å²) in [7, 11) is 0. The molecule has 1 amide bonds. The van der Waals surface area contributed by atoms with Gasteiger partial charge in [0.15, 0.2) is 0 Å². The van der Waals surface area contributed by atoms with Crippen LogP contribution in [0.4, 0.5) is 5.69 Å². The molecule has 0 fully saturated rings. The monoisotopic (exact) mass is 337 g/mol. The van der Waals surface area contributed by atoms with Gasteiger partial charge in [-0.3, -0.25) is 14.9 Å². The number of hydrogen-bond donors (Lipinski definition) is 1. The number of nitro benzene ring substituents is 1. The summed E-state index contributed by atoms with van der Waals surface area (Å²) in [5.41, 5.74) is 3.79. The number of rotatable bonds is 5. The largest absolute Gasteiger partial charge is 0.273 e. The molecule has 0 atom stereocenters. The van der Waals surface area contributed by atoms with Crippen LogP contribution in [0.25, 0.3) is 0 Å². The third-order valence-corrected chi connectivity index (χ3v) is 4.13. The van der Waals surface area contributed by atoms with E-state index in [2.05, 4.69) is 10.5 Å². The van der Waals surface area contributed by atoms with E-state index in [0.717, 1.165) is 4.88 Å². The first kappa shape index (κ1) is 16.1. The summed E-state index contributed by atoms with van der Waals surface area (Å²) in [6.07, 6.45) is 0.0972. The second kappa shape index (κ2) is 7.15. The van der Waals surface area contributed by atoms with Gasteiger partial charge in [0.2, 0.25) is 5.91 Å². The number of carbonyl (C=O) groups excluding carboxylic acids is 1. The van der Waals surface area contributed by atoms with Gasteiger partial charge in [0, 0.05) is 12.1 Å². The molecule has 0 aliphatic carbocycles. The van der Waals surface area contributed by atoms with Crippen molar-refractivity contribution in [3.63, 3.8) is 0 Å². The fourth-order valence-corrected chi connectivity index (χ4v) is 2.66. The third-order valence-electron chi connectivity index (χ3n) is 2.79. The number of nitro groups is 1. The Morgan fingerprint density at radius 1 is 1.32 bits per heavy atom. The van der Waals surface area contributed by atoms with Gasteiger partial charge in [0.05, 0.1) is 26.3 Å². The van der Waals surface area contributed by atoms with Crippen LogP contribution in [0.3, 0.4) is 0 Å². The number of hydrazone groups is 1. The average molecular weight is 338 g/mol. The Bertz CT molecular complexity index is 725. The molecule has 0 aliphatic rings. The van der Waals surface area contributed by atoms with Crippen LogP contribution >= 0.6 is 22.9 Å². The third kappa shape index (κ3) is 4.37. The normalized spacial score (nSPS) is 11.3. The number of non-ortho nitro benzene ring substituents is 1. The maximum Gasteiger partial charge on any atom is 0.269 e. The molecular formula is C14H12ClN3O3S. The van der Waals surface area contributed by atoms with E-state index < -0.39 is 4.92 Å². The van der Waals surface area contributed by atoms with Crippen molar-refractivity contribution < 1.29 is 9.72 Å². The molecular weight excluding hydrogens is 326 g/mol. The molecule has 0 radical (unpaired) electrons. The van der Waals surface area contributed by atoms with Crippen LogP contribution in [0.15, 0.2) is 41.5 Å². The lowest BCUT2D eigenvalue weighted by Crippen LogP contribution is -2.21. The van der Waals surface area contributed by atoms with E-state index in [4.69, 9.17) is 11.6 Å². The smallest absolute Gasteiger partial charge is 0.269 e. The Balaban J connectivity index is 1.94. The number of hydrogen-bond acceptors (Lipinski definition) is 5. The summed E-state index contributed by atoms with van der Waals surface area (Å²) < 4.78 is 0.654. The first-order chi connectivity index (χ1) is 10.5. The zero-order valence-electron chi connectivity index (χ0n) is 11.6. The minimum Gasteiger partial charge on any atom is -0.273 e. The maximum atomic E-state index is 11.8. The highest BCUT2D eigenvalue weighted by molar-refractivity contribution is 7.18. The molecule has 0 bridgehead atoms. The molecule has 6 nitrogen and oxygen atoms in total. The Labute approximate surface area is 135 Å². The molecule has 1 aromatic heterocycles. The zero-order chi connectivity index (χ0) is 16.1. The highest BCUT2D eigenvalue weighted by Gasteiger charge is 2.07. The molecule has 0 spiro atoms. The van der Waals surface area contributed by atoms with Crippen LogP contribution in [-0.4, -0.2) is 16.5 Å². The molecule has 114 valence electrons. The molecule has 0 unspecified atom stereocenters. The molecule has 1 aromatic carbocycles. The van der Waals surface area contributed by atoms with Crippen molar-refractivity contribution in [1.82, 2.24) is 5.43 Å². The van der Waals surface area contributed by atoms with Crippen molar-refractivity contribution in [1.29, 1.82) is 0 Å². The quantitative estimate of drug-likeness (QED) is 0.515. The zero-order valence-corrected chi connectivity index (χ0v) is 13.1. The lowest BCUT2D eigenvalue weighted by atomic mass is 10.1. The average Bonchev–Trinajstić information content (AvgIpc) is 2.92. The van der Waals surface area contributed by atoms with Crippen LogP contribution in [0.5, 0.6) is 0 Å². The number of halogens is 1. The molecule has 1 heterocycles. The molecule has 22 heavy (non-hydrogen) atoms. The topological polar surface area (TPSA) is 84.6 Å². The van der Waals surface area contributed by atoms with E-state index in [0.29, 0.717) is 15.6 Å². The fourth-order valence-electron chi connectivity index (χ4n) is 1.67. The second-order valence-corrected chi connectivity index (χ2v) is 6.15. The van der Waals surface area contributed by atoms with Gasteiger partial charge in [-0.2, -0.15) is 5.10 Å². The van der Waals surface area contributed by atoms with Crippen molar-refractivity contribution in [3.8, 4) is 0 Å².